The van der Waals surface area contributed by atoms with E-state index in [1.807, 2.05) is 10.3 Å². The van der Waals surface area contributed by atoms with Gasteiger partial charge in [-0.15, -0.1) is 21.5 Å². The van der Waals surface area contributed by atoms with E-state index in [4.69, 9.17) is 9.47 Å². The molecule has 0 saturated carbocycles. The zero-order valence-corrected chi connectivity index (χ0v) is 23.3. The number of carbonyl (C=O) groups excluding carboxylic acids is 1. The summed E-state index contributed by atoms with van der Waals surface area (Å²) in [6.45, 7) is 4.44. The number of halogens is 1. The van der Waals surface area contributed by atoms with Gasteiger partial charge in [-0.05, 0) is 73.0 Å². The maximum Gasteiger partial charge on any atom is 0.224 e. The van der Waals surface area contributed by atoms with E-state index in [9.17, 15) is 9.18 Å². The van der Waals surface area contributed by atoms with Crippen LogP contribution in [-0.2, 0) is 22.5 Å². The van der Waals surface area contributed by atoms with Crippen molar-refractivity contribution in [3.05, 3.63) is 64.8 Å². The molecule has 0 atom stereocenters. The van der Waals surface area contributed by atoms with Crippen LogP contribution in [-0.4, -0.2) is 60.5 Å². The predicted octanol–water partition coefficient (Wildman–Crippen LogP) is 5.61. The van der Waals surface area contributed by atoms with Gasteiger partial charge >= 0.3 is 0 Å². The number of carbonyl (C=O) groups is 1. The van der Waals surface area contributed by atoms with Crippen LogP contribution in [0.25, 0.3) is 32.6 Å². The second-order valence-electron chi connectivity index (χ2n) is 10.3. The molecule has 0 unspecified atom stereocenters. The number of thiophene rings is 1. The summed E-state index contributed by atoms with van der Waals surface area (Å²) in [6.07, 6.45) is 4.71. The van der Waals surface area contributed by atoms with Crippen LogP contribution >= 0.6 is 11.3 Å². The van der Waals surface area contributed by atoms with Gasteiger partial charge in [0.05, 0.1) is 24.3 Å². The van der Waals surface area contributed by atoms with Crippen LogP contribution < -0.4 is 10.1 Å². The van der Waals surface area contributed by atoms with Gasteiger partial charge in [-0.2, -0.15) is 0 Å². The minimum Gasteiger partial charge on any atom is -0.490 e. The maximum absolute atomic E-state index is 14.2. The maximum atomic E-state index is 14.2. The summed E-state index contributed by atoms with van der Waals surface area (Å²) in [5, 5.41) is 15.7. The van der Waals surface area contributed by atoms with E-state index in [0.717, 1.165) is 66.8 Å². The molecule has 1 fully saturated rings. The van der Waals surface area contributed by atoms with E-state index in [1.165, 1.54) is 29.7 Å². The summed E-state index contributed by atoms with van der Waals surface area (Å²) in [5.41, 5.74) is 5.92. The normalized spacial score (nSPS) is 15.3. The zero-order chi connectivity index (χ0) is 27.3. The lowest BCUT2D eigenvalue weighted by atomic mass is 9.96. The third kappa shape index (κ3) is 5.87. The second-order valence-corrected chi connectivity index (χ2v) is 11.2. The number of amides is 1. The summed E-state index contributed by atoms with van der Waals surface area (Å²) in [6, 6.07) is 13.1. The molecule has 1 N–H and O–H groups in total. The Morgan fingerprint density at radius 1 is 0.975 bits per heavy atom. The van der Waals surface area contributed by atoms with Crippen LogP contribution in [0.1, 0.15) is 36.8 Å². The van der Waals surface area contributed by atoms with Crippen molar-refractivity contribution in [1.29, 1.82) is 0 Å². The smallest absolute Gasteiger partial charge is 0.224 e. The van der Waals surface area contributed by atoms with Crippen molar-refractivity contribution in [1.82, 2.24) is 20.4 Å². The topological polar surface area (TPSA) is 76.6 Å². The molecule has 4 heterocycles. The van der Waals surface area contributed by atoms with Gasteiger partial charge in [0.2, 0.25) is 5.91 Å². The van der Waals surface area contributed by atoms with Crippen molar-refractivity contribution in [3.8, 4) is 28.3 Å². The van der Waals surface area contributed by atoms with E-state index in [2.05, 4.69) is 39.8 Å². The lowest BCUT2D eigenvalue weighted by Crippen LogP contribution is -2.36. The Hall–Kier alpha value is -3.40. The lowest BCUT2D eigenvalue weighted by molar-refractivity contribution is -0.133. The van der Waals surface area contributed by atoms with E-state index >= 15 is 0 Å². The van der Waals surface area contributed by atoms with Crippen molar-refractivity contribution in [2.45, 2.75) is 38.6 Å². The Bertz CT molecular complexity index is 1500. The Balaban J connectivity index is 1.15. The van der Waals surface area contributed by atoms with Crippen LogP contribution in [0.4, 0.5) is 4.39 Å². The van der Waals surface area contributed by atoms with Gasteiger partial charge in [-0.25, -0.2) is 4.39 Å². The molecule has 0 radical (unpaired) electrons. The third-order valence-electron chi connectivity index (χ3n) is 7.60. The number of nitrogens with one attached hydrogen (secondary N) is 1. The van der Waals surface area contributed by atoms with Crippen molar-refractivity contribution >= 4 is 27.3 Å². The van der Waals surface area contributed by atoms with Gasteiger partial charge < -0.3 is 19.7 Å². The average Bonchev–Trinajstić information content (AvgIpc) is 3.49. The molecule has 0 aliphatic carbocycles. The minimum atomic E-state index is -0.387. The molecule has 7 nitrogen and oxygen atoms in total. The quantitative estimate of drug-likeness (QED) is 0.268. The van der Waals surface area contributed by atoms with Gasteiger partial charge in [0.15, 0.2) is 0 Å². The van der Waals surface area contributed by atoms with Crippen molar-refractivity contribution in [3.63, 3.8) is 0 Å². The van der Waals surface area contributed by atoms with Crippen molar-refractivity contribution in [2.75, 3.05) is 39.5 Å². The molecule has 0 bridgehead atoms. The Labute approximate surface area is 237 Å². The number of aromatic nitrogens is 2. The number of piperidine rings is 1. The molecule has 208 valence electrons. The van der Waals surface area contributed by atoms with Gasteiger partial charge in [0.1, 0.15) is 29.6 Å². The molecule has 1 amide bonds. The fraction of sp³-hybridized carbons (Fsp3) is 0.387. The molecule has 4 aromatic rings. The molecular formula is C31H33FN4O3S. The third-order valence-corrected chi connectivity index (χ3v) is 8.53. The van der Waals surface area contributed by atoms with Crippen molar-refractivity contribution in [2.24, 2.45) is 0 Å². The van der Waals surface area contributed by atoms with Gasteiger partial charge in [-0.1, -0.05) is 12.1 Å². The molecule has 40 heavy (non-hydrogen) atoms. The predicted molar refractivity (Wildman–Crippen MR) is 155 cm³/mol. The Morgan fingerprint density at radius 2 is 1.85 bits per heavy atom. The SMILES string of the molecule is O=C(CCOCCOc1cc(F)ccc1-c1nnc(-c2ccc3c(c2)CCNC3)c2ccsc12)N1CCCCC1. The molecule has 6 rings (SSSR count). The fourth-order valence-corrected chi connectivity index (χ4v) is 6.37. The van der Waals surface area contributed by atoms with E-state index in [0.29, 0.717) is 36.6 Å². The van der Waals surface area contributed by atoms with Gasteiger partial charge in [0, 0.05) is 42.2 Å². The number of fused-ring (bicyclic) bond motifs is 2. The van der Waals surface area contributed by atoms with Gasteiger partial charge in [-0.3, -0.25) is 4.79 Å². The Kier molecular flexibility index (Phi) is 8.32. The molecule has 1 saturated heterocycles. The standard InChI is InChI=1S/C31H33FN4O3S/c32-24-6-7-25(27(19-24)39-16-15-38-14-9-28(37)36-12-2-1-3-13-36)30-31-26(10-17-40-31)29(34-35-30)22-4-5-23-20-33-11-8-21(23)18-22/h4-7,10,17-19,33H,1-3,8-9,11-16,20H2. The molecular weight excluding hydrogens is 527 g/mol. The van der Waals surface area contributed by atoms with Crippen LogP contribution in [0.5, 0.6) is 5.75 Å². The van der Waals surface area contributed by atoms with E-state index < -0.39 is 0 Å². The summed E-state index contributed by atoms with van der Waals surface area (Å²) in [4.78, 5) is 14.2. The number of hydrogen-bond acceptors (Lipinski definition) is 7. The van der Waals surface area contributed by atoms with Crippen molar-refractivity contribution < 1.29 is 18.7 Å². The second kappa shape index (κ2) is 12.4. The monoisotopic (exact) mass is 560 g/mol. The summed E-state index contributed by atoms with van der Waals surface area (Å²) in [5.74, 6) is 0.149. The molecule has 2 aliphatic heterocycles. The molecule has 0 spiro atoms. The van der Waals surface area contributed by atoms with Gasteiger partial charge in [0.25, 0.3) is 0 Å². The molecule has 2 aliphatic rings. The number of benzene rings is 2. The highest BCUT2D eigenvalue weighted by Crippen LogP contribution is 2.39. The number of nitrogens with zero attached hydrogens (tertiary/aromatic N) is 3. The number of likely N-dealkylation sites (tertiary alicyclic amines) is 1. The van der Waals surface area contributed by atoms with Crippen LogP contribution in [0.2, 0.25) is 0 Å². The minimum absolute atomic E-state index is 0.141. The van der Waals surface area contributed by atoms with Crippen LogP contribution in [0, 0.1) is 5.82 Å². The highest BCUT2D eigenvalue weighted by molar-refractivity contribution is 7.17. The first-order valence-electron chi connectivity index (χ1n) is 14.0. The first-order chi connectivity index (χ1) is 19.7. The highest BCUT2D eigenvalue weighted by Gasteiger charge is 2.19. The summed E-state index contributed by atoms with van der Waals surface area (Å²) in [7, 11) is 0. The first-order valence-corrected chi connectivity index (χ1v) is 14.9. The highest BCUT2D eigenvalue weighted by atomic mass is 32.1. The molecule has 2 aromatic heterocycles. The first kappa shape index (κ1) is 26.8. The zero-order valence-electron chi connectivity index (χ0n) is 22.5. The van der Waals surface area contributed by atoms with E-state index in [1.54, 1.807) is 17.4 Å². The number of ether oxygens (including phenoxy) is 2. The fourth-order valence-electron chi connectivity index (χ4n) is 5.48. The summed E-state index contributed by atoms with van der Waals surface area (Å²) >= 11 is 1.59. The Morgan fingerprint density at radius 3 is 2.75 bits per heavy atom. The number of rotatable bonds is 9. The number of hydrogen-bond donors (Lipinski definition) is 1. The molecule has 2 aromatic carbocycles. The average molecular weight is 561 g/mol. The lowest BCUT2D eigenvalue weighted by Gasteiger charge is -2.26. The summed E-state index contributed by atoms with van der Waals surface area (Å²) < 4.78 is 26.9. The van der Waals surface area contributed by atoms with E-state index in [-0.39, 0.29) is 18.3 Å². The largest absolute Gasteiger partial charge is 0.490 e. The van der Waals surface area contributed by atoms with Crippen LogP contribution in [0.15, 0.2) is 47.8 Å². The van der Waals surface area contributed by atoms with Crippen LogP contribution in [0.3, 0.4) is 0 Å². The molecule has 9 heteroatoms.